The van der Waals surface area contributed by atoms with Crippen molar-refractivity contribution < 1.29 is 4.74 Å². The van der Waals surface area contributed by atoms with Gasteiger partial charge in [-0.05, 0) is 20.0 Å². The molecule has 0 bridgehead atoms. The molecule has 2 rings (SSSR count). The third-order valence-corrected chi connectivity index (χ3v) is 3.95. The van der Waals surface area contributed by atoms with Crippen molar-refractivity contribution in [2.45, 2.75) is 25.9 Å². The summed E-state index contributed by atoms with van der Waals surface area (Å²) in [7, 11) is 2.16. The number of thiazole rings is 1. The summed E-state index contributed by atoms with van der Waals surface area (Å²) in [5.41, 5.74) is 3.06. The van der Waals surface area contributed by atoms with Crippen LogP contribution < -0.4 is 5.32 Å². The van der Waals surface area contributed by atoms with Crippen LogP contribution in [0.4, 0.5) is 0 Å². The molecular weight excluding hydrogens is 246 g/mol. The lowest BCUT2D eigenvalue weighted by Gasteiger charge is -2.24. The molecule has 0 aromatic carbocycles. The fraction of sp³-hybridized carbons (Fsp3) is 0.769. The molecule has 1 fully saturated rings. The maximum atomic E-state index is 5.60. The number of ether oxygens (including phenoxy) is 1. The van der Waals surface area contributed by atoms with E-state index in [-0.39, 0.29) is 0 Å². The Bertz CT molecular complexity index is 331. The van der Waals surface area contributed by atoms with Gasteiger partial charge in [0.05, 0.1) is 24.4 Å². The summed E-state index contributed by atoms with van der Waals surface area (Å²) in [5, 5.41) is 5.70. The number of rotatable bonds is 7. The Hall–Kier alpha value is -0.490. The SMILES string of the molecule is CCCNC1COCC1CN(C)Cc1cscn1. The normalized spacial score (nSPS) is 23.9. The van der Waals surface area contributed by atoms with Crippen molar-refractivity contribution >= 4 is 11.3 Å². The zero-order valence-electron chi connectivity index (χ0n) is 11.3. The molecule has 102 valence electrons. The first-order chi connectivity index (χ1) is 8.79. The van der Waals surface area contributed by atoms with Gasteiger partial charge in [0, 0.05) is 30.4 Å². The number of nitrogens with one attached hydrogen (secondary N) is 1. The van der Waals surface area contributed by atoms with E-state index in [1.54, 1.807) is 11.3 Å². The molecule has 1 N–H and O–H groups in total. The molecular formula is C13H23N3OS. The van der Waals surface area contributed by atoms with Crippen molar-refractivity contribution in [3.05, 3.63) is 16.6 Å². The largest absolute Gasteiger partial charge is 0.379 e. The molecule has 0 spiro atoms. The van der Waals surface area contributed by atoms with Crippen LogP contribution in [-0.4, -0.2) is 49.3 Å². The van der Waals surface area contributed by atoms with Gasteiger partial charge < -0.3 is 15.0 Å². The van der Waals surface area contributed by atoms with Crippen LogP contribution in [0, 0.1) is 5.92 Å². The summed E-state index contributed by atoms with van der Waals surface area (Å²) >= 11 is 1.66. The first kappa shape index (κ1) is 13.9. The maximum absolute atomic E-state index is 5.60. The molecule has 2 heterocycles. The van der Waals surface area contributed by atoms with Gasteiger partial charge in [-0.2, -0.15) is 0 Å². The highest BCUT2D eigenvalue weighted by molar-refractivity contribution is 7.07. The third kappa shape index (κ3) is 4.02. The van der Waals surface area contributed by atoms with Gasteiger partial charge >= 0.3 is 0 Å². The van der Waals surface area contributed by atoms with Crippen LogP contribution in [0.5, 0.6) is 0 Å². The van der Waals surface area contributed by atoms with Gasteiger partial charge in [0.25, 0.3) is 0 Å². The highest BCUT2D eigenvalue weighted by atomic mass is 32.1. The van der Waals surface area contributed by atoms with Crippen LogP contribution in [0.15, 0.2) is 10.9 Å². The lowest BCUT2D eigenvalue weighted by Crippen LogP contribution is -2.41. The van der Waals surface area contributed by atoms with Gasteiger partial charge in [-0.1, -0.05) is 6.92 Å². The van der Waals surface area contributed by atoms with Crippen molar-refractivity contribution in [3.63, 3.8) is 0 Å². The second-order valence-electron chi connectivity index (χ2n) is 5.03. The summed E-state index contributed by atoms with van der Waals surface area (Å²) in [6, 6.07) is 0.517. The van der Waals surface area contributed by atoms with E-state index in [0.29, 0.717) is 12.0 Å². The van der Waals surface area contributed by atoms with Crippen LogP contribution in [0.2, 0.25) is 0 Å². The molecule has 0 radical (unpaired) electrons. The van der Waals surface area contributed by atoms with E-state index < -0.39 is 0 Å². The Balaban J connectivity index is 1.77. The fourth-order valence-corrected chi connectivity index (χ4v) is 2.94. The number of aromatic nitrogens is 1. The van der Waals surface area contributed by atoms with Crippen LogP contribution in [0.1, 0.15) is 19.0 Å². The highest BCUT2D eigenvalue weighted by Gasteiger charge is 2.28. The molecule has 18 heavy (non-hydrogen) atoms. The molecule has 0 amide bonds. The smallest absolute Gasteiger partial charge is 0.0795 e. The van der Waals surface area contributed by atoms with Gasteiger partial charge in [0.2, 0.25) is 0 Å². The zero-order chi connectivity index (χ0) is 12.8. The second-order valence-corrected chi connectivity index (χ2v) is 5.75. The first-order valence-electron chi connectivity index (χ1n) is 6.66. The van der Waals surface area contributed by atoms with Crippen LogP contribution in [0.3, 0.4) is 0 Å². The van der Waals surface area contributed by atoms with Crippen LogP contribution in [-0.2, 0) is 11.3 Å². The zero-order valence-corrected chi connectivity index (χ0v) is 12.1. The van der Waals surface area contributed by atoms with Crippen LogP contribution >= 0.6 is 11.3 Å². The van der Waals surface area contributed by atoms with E-state index in [0.717, 1.165) is 32.8 Å². The third-order valence-electron chi connectivity index (χ3n) is 3.32. The van der Waals surface area contributed by atoms with E-state index in [2.05, 4.69) is 34.6 Å². The van der Waals surface area contributed by atoms with E-state index >= 15 is 0 Å². The molecule has 1 aliphatic rings. The molecule has 2 atom stereocenters. The first-order valence-corrected chi connectivity index (χ1v) is 7.60. The van der Waals surface area contributed by atoms with E-state index in [9.17, 15) is 0 Å². The van der Waals surface area contributed by atoms with Gasteiger partial charge in [0.15, 0.2) is 0 Å². The molecule has 5 heteroatoms. The lowest BCUT2D eigenvalue weighted by molar-refractivity contribution is 0.172. The Kier molecular flexibility index (Phi) is 5.56. The van der Waals surface area contributed by atoms with E-state index in [1.807, 2.05) is 5.51 Å². The van der Waals surface area contributed by atoms with Crippen molar-refractivity contribution in [1.29, 1.82) is 0 Å². The molecule has 1 aliphatic heterocycles. The monoisotopic (exact) mass is 269 g/mol. The summed E-state index contributed by atoms with van der Waals surface area (Å²) < 4.78 is 5.60. The molecule has 1 aromatic heterocycles. The second kappa shape index (κ2) is 7.19. The van der Waals surface area contributed by atoms with E-state index in [1.165, 1.54) is 12.1 Å². The molecule has 0 saturated carbocycles. The molecule has 1 aromatic rings. The molecule has 2 unspecified atom stereocenters. The van der Waals surface area contributed by atoms with Crippen molar-refractivity contribution in [3.8, 4) is 0 Å². The number of hydrogen-bond acceptors (Lipinski definition) is 5. The Morgan fingerprint density at radius 3 is 3.17 bits per heavy atom. The molecule has 0 aliphatic carbocycles. The average molecular weight is 269 g/mol. The summed E-state index contributed by atoms with van der Waals surface area (Å²) in [5.74, 6) is 0.597. The molecule has 1 saturated heterocycles. The topological polar surface area (TPSA) is 37.4 Å². The summed E-state index contributed by atoms with van der Waals surface area (Å²) in [4.78, 5) is 6.67. The minimum Gasteiger partial charge on any atom is -0.379 e. The van der Waals surface area contributed by atoms with Gasteiger partial charge in [-0.25, -0.2) is 4.98 Å². The summed E-state index contributed by atoms with van der Waals surface area (Å²) in [6.45, 7) is 7.02. The fourth-order valence-electron chi connectivity index (χ4n) is 2.39. The Labute approximate surface area is 113 Å². The minimum absolute atomic E-state index is 0.517. The predicted octanol–water partition coefficient (Wildman–Crippen LogP) is 1.59. The average Bonchev–Trinajstić information content (AvgIpc) is 2.98. The van der Waals surface area contributed by atoms with Gasteiger partial charge in [-0.15, -0.1) is 11.3 Å². The Morgan fingerprint density at radius 2 is 2.44 bits per heavy atom. The van der Waals surface area contributed by atoms with Gasteiger partial charge in [0.1, 0.15) is 0 Å². The van der Waals surface area contributed by atoms with Crippen molar-refractivity contribution in [2.75, 3.05) is 33.4 Å². The Morgan fingerprint density at radius 1 is 1.56 bits per heavy atom. The van der Waals surface area contributed by atoms with Crippen molar-refractivity contribution in [1.82, 2.24) is 15.2 Å². The van der Waals surface area contributed by atoms with Gasteiger partial charge in [-0.3, -0.25) is 0 Å². The van der Waals surface area contributed by atoms with Crippen LogP contribution in [0.25, 0.3) is 0 Å². The molecule has 4 nitrogen and oxygen atoms in total. The minimum atomic E-state index is 0.517. The van der Waals surface area contributed by atoms with Crippen molar-refractivity contribution in [2.24, 2.45) is 5.92 Å². The summed E-state index contributed by atoms with van der Waals surface area (Å²) in [6.07, 6.45) is 1.18. The maximum Gasteiger partial charge on any atom is 0.0795 e. The van der Waals surface area contributed by atoms with E-state index in [4.69, 9.17) is 4.74 Å². The highest BCUT2D eigenvalue weighted by Crippen LogP contribution is 2.16. The number of nitrogens with zero attached hydrogens (tertiary/aromatic N) is 2. The standard InChI is InChI=1S/C13H23N3OS/c1-3-4-14-13-8-17-7-11(13)5-16(2)6-12-9-18-10-15-12/h9-11,13-14H,3-8H2,1-2H3. The lowest BCUT2D eigenvalue weighted by atomic mass is 10.0. The quantitative estimate of drug-likeness (QED) is 0.816. The predicted molar refractivity (Wildman–Crippen MR) is 74.8 cm³/mol. The number of hydrogen-bond donors (Lipinski definition) is 1.